The lowest BCUT2D eigenvalue weighted by Crippen LogP contribution is -2.45. The van der Waals surface area contributed by atoms with E-state index in [2.05, 4.69) is 10.3 Å². The van der Waals surface area contributed by atoms with Gasteiger partial charge in [0.25, 0.3) is 5.91 Å². The Labute approximate surface area is 133 Å². The zero-order valence-corrected chi connectivity index (χ0v) is 13.6. The van der Waals surface area contributed by atoms with Gasteiger partial charge in [0, 0.05) is 18.8 Å². The average molecular weight is 305 g/mol. The van der Waals surface area contributed by atoms with Crippen LogP contribution in [0.1, 0.15) is 38.8 Å². The predicted octanol–water partition coefficient (Wildman–Crippen LogP) is 1.98. The zero-order valence-electron chi connectivity index (χ0n) is 13.6. The summed E-state index contributed by atoms with van der Waals surface area (Å²) in [4.78, 5) is 19.1. The van der Waals surface area contributed by atoms with Crippen molar-refractivity contribution in [3.63, 3.8) is 0 Å². The number of pyridine rings is 1. The highest BCUT2D eigenvalue weighted by molar-refractivity contribution is 5.80. The molecule has 1 aliphatic rings. The molecular formula is C17H27N3O2. The molecule has 2 unspecified atom stereocenters. The van der Waals surface area contributed by atoms with E-state index in [1.54, 1.807) is 6.20 Å². The van der Waals surface area contributed by atoms with Crippen LogP contribution in [0.3, 0.4) is 0 Å². The molecule has 1 N–H and O–H groups in total. The van der Waals surface area contributed by atoms with E-state index in [0.717, 1.165) is 38.0 Å². The molecule has 0 saturated carbocycles. The summed E-state index contributed by atoms with van der Waals surface area (Å²) in [6.45, 7) is 6.86. The molecule has 0 bridgehead atoms. The predicted molar refractivity (Wildman–Crippen MR) is 86.4 cm³/mol. The van der Waals surface area contributed by atoms with Crippen LogP contribution in [-0.4, -0.2) is 47.6 Å². The summed E-state index contributed by atoms with van der Waals surface area (Å²) in [5.41, 5.74) is 0.928. The van der Waals surface area contributed by atoms with Crippen molar-refractivity contribution in [3.8, 4) is 0 Å². The van der Waals surface area contributed by atoms with Crippen molar-refractivity contribution in [3.05, 3.63) is 30.1 Å². The molecule has 5 nitrogen and oxygen atoms in total. The molecule has 1 aromatic heterocycles. The second kappa shape index (κ2) is 8.86. The lowest BCUT2D eigenvalue weighted by molar-refractivity contribution is -0.145. The fourth-order valence-corrected chi connectivity index (χ4v) is 2.92. The molecule has 1 fully saturated rings. The Morgan fingerprint density at radius 1 is 1.45 bits per heavy atom. The number of hydrogen-bond donors (Lipinski definition) is 1. The Morgan fingerprint density at radius 2 is 2.32 bits per heavy atom. The maximum atomic E-state index is 12.8. The minimum atomic E-state index is -0.398. The highest BCUT2D eigenvalue weighted by Gasteiger charge is 2.28. The van der Waals surface area contributed by atoms with Crippen molar-refractivity contribution in [1.29, 1.82) is 0 Å². The minimum absolute atomic E-state index is 0.0689. The fraction of sp³-hybridized carbons (Fsp3) is 0.647. The lowest BCUT2D eigenvalue weighted by Gasteiger charge is -2.33. The standard InChI is InChI=1S/C17H27N3O2/c1-3-22-14(2)17(21)20(13-15-7-4-5-11-19-15)16-8-6-10-18-12-9-16/h4-5,7,11,14,16,18H,3,6,8-10,12-13H2,1-2H3. The van der Waals surface area contributed by atoms with Crippen molar-refractivity contribution < 1.29 is 9.53 Å². The first-order chi connectivity index (χ1) is 10.7. The highest BCUT2D eigenvalue weighted by atomic mass is 16.5. The van der Waals surface area contributed by atoms with Crippen molar-refractivity contribution in [1.82, 2.24) is 15.2 Å². The molecule has 122 valence electrons. The number of carbonyl (C=O) groups excluding carboxylic acids is 1. The Bertz CT molecular complexity index is 444. The first-order valence-corrected chi connectivity index (χ1v) is 8.25. The summed E-state index contributed by atoms with van der Waals surface area (Å²) in [5, 5.41) is 3.40. The van der Waals surface area contributed by atoms with E-state index in [4.69, 9.17) is 4.74 Å². The summed E-state index contributed by atoms with van der Waals surface area (Å²) in [6.07, 6.45) is 4.49. The maximum absolute atomic E-state index is 12.8. The lowest BCUT2D eigenvalue weighted by atomic mass is 10.1. The number of ether oxygens (including phenoxy) is 1. The smallest absolute Gasteiger partial charge is 0.252 e. The third-order valence-corrected chi connectivity index (χ3v) is 4.09. The van der Waals surface area contributed by atoms with E-state index in [0.29, 0.717) is 13.2 Å². The van der Waals surface area contributed by atoms with Gasteiger partial charge in [-0.15, -0.1) is 0 Å². The molecule has 2 atom stereocenters. The number of nitrogens with zero attached hydrogens (tertiary/aromatic N) is 2. The number of hydrogen-bond acceptors (Lipinski definition) is 4. The van der Waals surface area contributed by atoms with Crippen molar-refractivity contribution >= 4 is 5.91 Å². The Balaban J connectivity index is 2.13. The van der Waals surface area contributed by atoms with Crippen LogP contribution in [-0.2, 0) is 16.1 Å². The van der Waals surface area contributed by atoms with E-state index in [1.165, 1.54) is 0 Å². The van der Waals surface area contributed by atoms with Crippen LogP contribution in [0.2, 0.25) is 0 Å². The first kappa shape index (κ1) is 16.9. The number of nitrogens with one attached hydrogen (secondary N) is 1. The number of carbonyl (C=O) groups is 1. The number of rotatable bonds is 6. The van der Waals surface area contributed by atoms with Gasteiger partial charge in [-0.05, 0) is 58.3 Å². The largest absolute Gasteiger partial charge is 0.369 e. The Morgan fingerprint density at radius 3 is 3.05 bits per heavy atom. The van der Waals surface area contributed by atoms with Crippen LogP contribution in [0.15, 0.2) is 24.4 Å². The number of amides is 1. The second-order valence-electron chi connectivity index (χ2n) is 5.72. The molecule has 0 spiro atoms. The molecule has 5 heteroatoms. The van der Waals surface area contributed by atoms with Gasteiger partial charge in [-0.1, -0.05) is 6.07 Å². The van der Waals surface area contributed by atoms with E-state index in [1.807, 2.05) is 36.9 Å². The molecule has 2 heterocycles. The minimum Gasteiger partial charge on any atom is -0.369 e. The van der Waals surface area contributed by atoms with Crippen LogP contribution in [0.5, 0.6) is 0 Å². The summed E-state index contributed by atoms with van der Waals surface area (Å²) in [7, 11) is 0. The van der Waals surface area contributed by atoms with Gasteiger partial charge in [0.05, 0.1) is 12.2 Å². The van der Waals surface area contributed by atoms with Gasteiger partial charge in [0.2, 0.25) is 0 Å². The summed E-state index contributed by atoms with van der Waals surface area (Å²) in [6, 6.07) is 6.09. The maximum Gasteiger partial charge on any atom is 0.252 e. The Hall–Kier alpha value is -1.46. The Kier molecular flexibility index (Phi) is 6.80. The SMILES string of the molecule is CCOC(C)C(=O)N(Cc1ccccn1)C1CCCNCC1. The molecule has 0 aromatic carbocycles. The molecule has 2 rings (SSSR count). The van der Waals surface area contributed by atoms with Gasteiger partial charge in [0.15, 0.2) is 0 Å². The van der Waals surface area contributed by atoms with Crippen LogP contribution in [0.25, 0.3) is 0 Å². The average Bonchev–Trinajstić information content (AvgIpc) is 2.82. The van der Waals surface area contributed by atoms with Crippen LogP contribution in [0.4, 0.5) is 0 Å². The number of aromatic nitrogens is 1. The quantitative estimate of drug-likeness (QED) is 0.873. The third kappa shape index (κ3) is 4.78. The van der Waals surface area contributed by atoms with Crippen LogP contribution >= 0.6 is 0 Å². The van der Waals surface area contributed by atoms with E-state index < -0.39 is 6.10 Å². The van der Waals surface area contributed by atoms with Gasteiger partial charge in [-0.2, -0.15) is 0 Å². The molecule has 1 amide bonds. The summed E-state index contributed by atoms with van der Waals surface area (Å²) in [5.74, 6) is 0.0689. The molecular weight excluding hydrogens is 278 g/mol. The molecule has 0 radical (unpaired) electrons. The second-order valence-corrected chi connectivity index (χ2v) is 5.72. The summed E-state index contributed by atoms with van der Waals surface area (Å²) >= 11 is 0. The normalized spacial score (nSPS) is 20.2. The topological polar surface area (TPSA) is 54.5 Å². The van der Waals surface area contributed by atoms with Crippen LogP contribution < -0.4 is 5.32 Å². The first-order valence-electron chi connectivity index (χ1n) is 8.25. The van der Waals surface area contributed by atoms with Crippen molar-refractivity contribution in [2.24, 2.45) is 0 Å². The van der Waals surface area contributed by atoms with Crippen molar-refractivity contribution in [2.75, 3.05) is 19.7 Å². The summed E-state index contributed by atoms with van der Waals surface area (Å²) < 4.78 is 5.52. The molecule has 1 aromatic rings. The molecule has 1 aliphatic heterocycles. The van der Waals surface area contributed by atoms with Gasteiger partial charge in [-0.3, -0.25) is 9.78 Å². The monoisotopic (exact) mass is 305 g/mol. The van der Waals surface area contributed by atoms with Gasteiger partial charge in [-0.25, -0.2) is 0 Å². The van der Waals surface area contributed by atoms with E-state index >= 15 is 0 Å². The highest BCUT2D eigenvalue weighted by Crippen LogP contribution is 2.18. The van der Waals surface area contributed by atoms with Crippen molar-refractivity contribution in [2.45, 2.75) is 51.8 Å². The van der Waals surface area contributed by atoms with Gasteiger partial charge >= 0.3 is 0 Å². The zero-order chi connectivity index (χ0) is 15.8. The molecule has 22 heavy (non-hydrogen) atoms. The van der Waals surface area contributed by atoms with Crippen LogP contribution in [0, 0.1) is 0 Å². The van der Waals surface area contributed by atoms with Gasteiger partial charge < -0.3 is 15.0 Å². The fourth-order valence-electron chi connectivity index (χ4n) is 2.92. The van der Waals surface area contributed by atoms with E-state index in [-0.39, 0.29) is 11.9 Å². The molecule has 0 aliphatic carbocycles. The van der Waals surface area contributed by atoms with E-state index in [9.17, 15) is 4.79 Å². The third-order valence-electron chi connectivity index (χ3n) is 4.09. The van der Waals surface area contributed by atoms with Gasteiger partial charge in [0.1, 0.15) is 6.10 Å². The molecule has 1 saturated heterocycles.